The number of fused-ring (bicyclic) bond motifs is 1. The van der Waals surface area contributed by atoms with Crippen LogP contribution in [-0.2, 0) is 4.79 Å². The van der Waals surface area contributed by atoms with Crippen LogP contribution in [0, 0.1) is 0 Å². The number of hydrogen-bond acceptors (Lipinski definition) is 6. The first-order chi connectivity index (χ1) is 12.0. The van der Waals surface area contributed by atoms with Gasteiger partial charge in [-0.3, -0.25) is 20.4 Å². The van der Waals surface area contributed by atoms with E-state index in [2.05, 4.69) is 26.8 Å². The second-order valence-electron chi connectivity index (χ2n) is 4.85. The van der Waals surface area contributed by atoms with Gasteiger partial charge in [0.15, 0.2) is 6.61 Å². The van der Waals surface area contributed by atoms with Gasteiger partial charge in [0.1, 0.15) is 11.3 Å². The number of carbonyl (C=O) groups is 2. The van der Waals surface area contributed by atoms with E-state index in [0.717, 1.165) is 9.17 Å². The molecule has 0 unspecified atom stereocenters. The lowest BCUT2D eigenvalue weighted by Crippen LogP contribution is -2.43. The highest BCUT2D eigenvalue weighted by Gasteiger charge is 2.10. The molecule has 3 aromatic rings. The monoisotopic (exact) mass is 422 g/mol. The van der Waals surface area contributed by atoms with Crippen LogP contribution in [-0.4, -0.2) is 18.4 Å². The second-order valence-corrected chi connectivity index (χ2v) is 7.31. The predicted octanol–water partition coefficient (Wildman–Crippen LogP) is 2.46. The largest absolute Gasteiger partial charge is 0.484 e. The molecule has 0 saturated carbocycles. The fraction of sp³-hybridized carbons (Fsp3) is 0.0625. The van der Waals surface area contributed by atoms with Crippen molar-refractivity contribution in [3.63, 3.8) is 0 Å². The van der Waals surface area contributed by atoms with E-state index in [-0.39, 0.29) is 6.61 Å². The number of halogens is 1. The number of ether oxygens (including phenoxy) is 1. The zero-order valence-corrected chi connectivity index (χ0v) is 15.0. The number of thiophene rings is 1. The lowest BCUT2D eigenvalue weighted by atomic mass is 10.2. The quantitative estimate of drug-likeness (QED) is 0.497. The van der Waals surface area contributed by atoms with Crippen LogP contribution in [0.25, 0.3) is 11.0 Å². The highest BCUT2D eigenvalue weighted by molar-refractivity contribution is 9.11. The molecule has 0 spiro atoms. The summed E-state index contributed by atoms with van der Waals surface area (Å²) in [5.41, 5.74) is 4.45. The number of hydrogen-bond donors (Lipinski definition) is 2. The molecule has 0 saturated heterocycles. The Hall–Kier alpha value is -2.65. The Balaban J connectivity index is 1.53. The molecule has 128 valence electrons. The van der Waals surface area contributed by atoms with E-state index in [1.54, 1.807) is 30.3 Å². The Bertz CT molecular complexity index is 997. The molecule has 0 aliphatic rings. The number of carbonyl (C=O) groups excluding carboxylic acids is 2. The third-order valence-corrected chi connectivity index (χ3v) is 4.70. The first-order valence-corrected chi connectivity index (χ1v) is 8.63. The van der Waals surface area contributed by atoms with Gasteiger partial charge >= 0.3 is 5.63 Å². The summed E-state index contributed by atoms with van der Waals surface area (Å²) in [5, 5.41) is 0.741. The van der Waals surface area contributed by atoms with E-state index < -0.39 is 17.4 Å². The van der Waals surface area contributed by atoms with Crippen LogP contribution in [0.15, 0.2) is 55.5 Å². The summed E-state index contributed by atoms with van der Waals surface area (Å²) in [6, 6.07) is 11.2. The molecule has 9 heteroatoms. The van der Waals surface area contributed by atoms with Crippen LogP contribution < -0.4 is 21.2 Å². The molecule has 0 atom stereocenters. The number of amides is 2. The first kappa shape index (κ1) is 17.2. The second kappa shape index (κ2) is 7.49. The Morgan fingerprint density at radius 3 is 2.68 bits per heavy atom. The number of nitrogens with one attached hydrogen (secondary N) is 2. The van der Waals surface area contributed by atoms with Gasteiger partial charge in [0, 0.05) is 17.5 Å². The standard InChI is InChI=1S/C16H11BrN2O5S/c17-13-5-4-12(25-13)16(22)19-18-14(20)8-23-10-3-1-9-2-6-15(21)24-11(9)7-10/h1-7H,8H2,(H,18,20)(H,19,22). The third-order valence-electron chi connectivity index (χ3n) is 3.08. The van der Waals surface area contributed by atoms with E-state index in [9.17, 15) is 14.4 Å². The van der Waals surface area contributed by atoms with Gasteiger partial charge in [0.25, 0.3) is 11.8 Å². The van der Waals surface area contributed by atoms with Crippen molar-refractivity contribution in [2.24, 2.45) is 0 Å². The molecule has 25 heavy (non-hydrogen) atoms. The lowest BCUT2D eigenvalue weighted by Gasteiger charge is -2.08. The minimum Gasteiger partial charge on any atom is -0.484 e. The molecule has 0 aliphatic heterocycles. The highest BCUT2D eigenvalue weighted by Crippen LogP contribution is 2.21. The smallest absolute Gasteiger partial charge is 0.336 e. The number of benzene rings is 1. The molecule has 7 nitrogen and oxygen atoms in total. The molecule has 2 amide bonds. The van der Waals surface area contributed by atoms with Gasteiger partial charge in [-0.25, -0.2) is 4.79 Å². The molecular formula is C16H11BrN2O5S. The van der Waals surface area contributed by atoms with Crippen LogP contribution >= 0.6 is 27.3 Å². The topological polar surface area (TPSA) is 97.6 Å². The molecule has 0 aliphatic carbocycles. The van der Waals surface area contributed by atoms with E-state index in [1.165, 1.54) is 23.5 Å². The normalized spacial score (nSPS) is 10.4. The SMILES string of the molecule is O=C(COc1ccc2ccc(=O)oc2c1)NNC(=O)c1ccc(Br)s1. The highest BCUT2D eigenvalue weighted by atomic mass is 79.9. The lowest BCUT2D eigenvalue weighted by molar-refractivity contribution is -0.123. The summed E-state index contributed by atoms with van der Waals surface area (Å²) >= 11 is 4.50. The van der Waals surface area contributed by atoms with Crippen LogP contribution in [0.3, 0.4) is 0 Å². The Morgan fingerprint density at radius 2 is 1.92 bits per heavy atom. The van der Waals surface area contributed by atoms with Gasteiger partial charge in [-0.2, -0.15) is 0 Å². The first-order valence-electron chi connectivity index (χ1n) is 7.02. The Morgan fingerprint density at radius 1 is 1.12 bits per heavy atom. The van der Waals surface area contributed by atoms with E-state index in [0.29, 0.717) is 16.2 Å². The van der Waals surface area contributed by atoms with E-state index >= 15 is 0 Å². The van der Waals surface area contributed by atoms with Crippen molar-refractivity contribution in [3.05, 3.63) is 61.5 Å². The van der Waals surface area contributed by atoms with Gasteiger partial charge < -0.3 is 9.15 Å². The average Bonchev–Trinajstić information content (AvgIpc) is 3.04. The molecule has 1 aromatic carbocycles. The average molecular weight is 423 g/mol. The molecule has 2 N–H and O–H groups in total. The van der Waals surface area contributed by atoms with Crippen molar-refractivity contribution in [1.29, 1.82) is 0 Å². The summed E-state index contributed by atoms with van der Waals surface area (Å²) < 4.78 is 11.2. The third kappa shape index (κ3) is 4.46. The summed E-state index contributed by atoms with van der Waals surface area (Å²) in [6.45, 7) is -0.309. The fourth-order valence-corrected chi connectivity index (χ4v) is 3.22. The van der Waals surface area contributed by atoms with Crippen LogP contribution in [0.1, 0.15) is 9.67 Å². The predicted molar refractivity (Wildman–Crippen MR) is 95.6 cm³/mol. The summed E-state index contributed by atoms with van der Waals surface area (Å²) in [6.07, 6.45) is 0. The maximum Gasteiger partial charge on any atom is 0.336 e. The van der Waals surface area contributed by atoms with Crippen molar-refractivity contribution < 1.29 is 18.7 Å². The molecule has 2 heterocycles. The maximum absolute atomic E-state index is 11.8. The minimum absolute atomic E-state index is 0.309. The van der Waals surface area contributed by atoms with Crippen LogP contribution in [0.5, 0.6) is 5.75 Å². The van der Waals surface area contributed by atoms with Gasteiger partial charge in [-0.1, -0.05) is 0 Å². The Kier molecular flexibility index (Phi) is 5.15. The molecule has 0 bridgehead atoms. The van der Waals surface area contributed by atoms with Gasteiger partial charge in [-0.15, -0.1) is 11.3 Å². The summed E-state index contributed by atoms with van der Waals surface area (Å²) in [4.78, 5) is 35.2. The van der Waals surface area contributed by atoms with E-state index in [1.807, 2.05) is 0 Å². The zero-order chi connectivity index (χ0) is 17.8. The van der Waals surface area contributed by atoms with Crippen molar-refractivity contribution in [3.8, 4) is 5.75 Å². The summed E-state index contributed by atoms with van der Waals surface area (Å²) in [5.74, 6) is -0.583. The van der Waals surface area contributed by atoms with E-state index in [4.69, 9.17) is 9.15 Å². The van der Waals surface area contributed by atoms with Crippen LogP contribution in [0.4, 0.5) is 0 Å². The van der Waals surface area contributed by atoms with Crippen molar-refractivity contribution >= 4 is 50.1 Å². The van der Waals surface area contributed by atoms with Gasteiger partial charge in [0.05, 0.1) is 8.66 Å². The van der Waals surface area contributed by atoms with Crippen LogP contribution in [0.2, 0.25) is 0 Å². The van der Waals surface area contributed by atoms with Gasteiger partial charge in [-0.05, 0) is 46.3 Å². The number of hydrazine groups is 1. The fourth-order valence-electron chi connectivity index (χ4n) is 1.94. The molecule has 0 radical (unpaired) electrons. The van der Waals surface area contributed by atoms with Crippen molar-refractivity contribution in [1.82, 2.24) is 10.9 Å². The van der Waals surface area contributed by atoms with Crippen molar-refractivity contribution in [2.75, 3.05) is 6.61 Å². The number of rotatable bonds is 4. The Labute approximate surface area is 153 Å². The van der Waals surface area contributed by atoms with Crippen molar-refractivity contribution in [2.45, 2.75) is 0 Å². The summed E-state index contributed by atoms with van der Waals surface area (Å²) in [7, 11) is 0. The molecule has 3 rings (SSSR count). The molecular weight excluding hydrogens is 412 g/mol. The molecule has 0 fully saturated rings. The van der Waals surface area contributed by atoms with Gasteiger partial charge in [0.2, 0.25) is 0 Å². The maximum atomic E-state index is 11.8. The zero-order valence-electron chi connectivity index (χ0n) is 12.6. The minimum atomic E-state index is -0.529. The molecule has 2 aromatic heterocycles.